The highest BCUT2D eigenvalue weighted by Gasteiger charge is 2.36. The maximum Gasteiger partial charge on any atom is 0.338 e. The van der Waals surface area contributed by atoms with E-state index in [0.717, 1.165) is 10.6 Å². The summed E-state index contributed by atoms with van der Waals surface area (Å²) in [5, 5.41) is 0. The quantitative estimate of drug-likeness (QED) is 0.358. The molecule has 0 N–H and O–H groups in total. The molecule has 4 aromatic rings. The van der Waals surface area contributed by atoms with Crippen molar-refractivity contribution in [3.63, 3.8) is 0 Å². The first-order valence-corrected chi connectivity index (χ1v) is 10.2. The second-order valence-electron chi connectivity index (χ2n) is 7.56. The zero-order valence-electron chi connectivity index (χ0n) is 17.5. The van der Waals surface area contributed by atoms with Crippen molar-refractivity contribution >= 4 is 29.1 Å². The molecule has 0 bridgehead atoms. The van der Waals surface area contributed by atoms with Gasteiger partial charge in [0.1, 0.15) is 12.3 Å². The summed E-state index contributed by atoms with van der Waals surface area (Å²) in [4.78, 5) is 55.5. The van der Waals surface area contributed by atoms with Gasteiger partial charge in [-0.05, 0) is 55.5 Å². The lowest BCUT2D eigenvalue weighted by Crippen LogP contribution is -2.29. The first kappa shape index (κ1) is 20.3. The Kier molecular flexibility index (Phi) is 4.82. The Bertz CT molecular complexity index is 1470. The monoisotopic (exact) mass is 439 g/mol. The molecule has 1 aliphatic heterocycles. The van der Waals surface area contributed by atoms with Gasteiger partial charge in [0.05, 0.1) is 28.1 Å². The van der Waals surface area contributed by atoms with Crippen LogP contribution < -0.4 is 10.5 Å². The molecule has 162 valence electrons. The van der Waals surface area contributed by atoms with Crippen LogP contribution >= 0.6 is 0 Å². The number of amides is 2. The third-order valence-corrected chi connectivity index (χ3v) is 5.44. The van der Waals surface area contributed by atoms with E-state index in [1.807, 2.05) is 0 Å². The van der Waals surface area contributed by atoms with Crippen LogP contribution in [0.1, 0.15) is 42.5 Å². The summed E-state index contributed by atoms with van der Waals surface area (Å²) < 4.78 is 6.78. The normalized spacial score (nSPS) is 12.8. The molecule has 0 radical (unpaired) electrons. The lowest BCUT2D eigenvalue weighted by Gasteiger charge is -2.14. The molecule has 2 aromatic heterocycles. The standard InChI is InChI=1S/C25H17N3O5/c1-15-5-4-8-21-26-17(13-22(29)27(15)21)14-33-25(32)16-9-11-18(12-10-16)28-23(30)19-6-2-3-7-20(19)24(28)31/h2-13H,14H2,1H3. The molecule has 3 heterocycles. The number of aryl methyl sites for hydroxylation is 1. The van der Waals surface area contributed by atoms with Crippen molar-refractivity contribution in [2.75, 3.05) is 4.90 Å². The summed E-state index contributed by atoms with van der Waals surface area (Å²) >= 11 is 0. The minimum absolute atomic E-state index is 0.168. The molecule has 2 aromatic carbocycles. The number of benzene rings is 2. The summed E-state index contributed by atoms with van der Waals surface area (Å²) in [6, 6.07) is 19.2. The van der Waals surface area contributed by atoms with Crippen molar-refractivity contribution in [2.45, 2.75) is 13.5 Å². The predicted octanol–water partition coefficient (Wildman–Crippen LogP) is 3.16. The molecule has 2 amide bonds. The molecule has 8 heteroatoms. The molecule has 0 spiro atoms. The number of ether oxygens (including phenoxy) is 1. The number of fused-ring (bicyclic) bond motifs is 2. The van der Waals surface area contributed by atoms with Gasteiger partial charge in [-0.3, -0.25) is 18.8 Å². The van der Waals surface area contributed by atoms with Crippen molar-refractivity contribution in [1.82, 2.24) is 9.38 Å². The van der Waals surface area contributed by atoms with E-state index in [0.29, 0.717) is 28.2 Å². The molecular weight excluding hydrogens is 422 g/mol. The SMILES string of the molecule is Cc1cccc2nc(COC(=O)c3ccc(N4C(=O)c5ccccc5C4=O)cc3)cc(=O)n12. The topological polar surface area (TPSA) is 98.0 Å². The molecule has 8 nitrogen and oxygen atoms in total. The number of imide groups is 1. The van der Waals surface area contributed by atoms with Gasteiger partial charge in [-0.15, -0.1) is 0 Å². The first-order valence-electron chi connectivity index (χ1n) is 10.2. The number of pyridine rings is 1. The molecule has 0 saturated heterocycles. The Morgan fingerprint density at radius 2 is 1.55 bits per heavy atom. The van der Waals surface area contributed by atoms with E-state index >= 15 is 0 Å². The van der Waals surface area contributed by atoms with Gasteiger partial charge in [-0.25, -0.2) is 14.7 Å². The minimum atomic E-state index is -0.616. The number of esters is 1. The van der Waals surface area contributed by atoms with Crippen LogP contribution in [0.3, 0.4) is 0 Å². The largest absolute Gasteiger partial charge is 0.456 e. The molecule has 0 saturated carbocycles. The third-order valence-electron chi connectivity index (χ3n) is 5.44. The van der Waals surface area contributed by atoms with E-state index < -0.39 is 17.8 Å². The number of aromatic nitrogens is 2. The Morgan fingerprint density at radius 3 is 2.21 bits per heavy atom. The Labute approximate surface area is 187 Å². The van der Waals surface area contributed by atoms with Crippen molar-refractivity contribution in [3.05, 3.63) is 111 Å². The van der Waals surface area contributed by atoms with Crippen LogP contribution in [0.2, 0.25) is 0 Å². The molecule has 0 fully saturated rings. The van der Waals surface area contributed by atoms with E-state index in [9.17, 15) is 19.2 Å². The summed E-state index contributed by atoms with van der Waals surface area (Å²) in [5.74, 6) is -1.43. The Hall–Kier alpha value is -4.59. The fourth-order valence-corrected chi connectivity index (χ4v) is 3.83. The second kappa shape index (κ2) is 7.83. The van der Waals surface area contributed by atoms with Crippen LogP contribution in [0, 0.1) is 6.92 Å². The molecule has 0 unspecified atom stereocenters. The van der Waals surface area contributed by atoms with Crippen LogP contribution in [-0.2, 0) is 11.3 Å². The van der Waals surface area contributed by atoms with Crippen molar-refractivity contribution in [3.8, 4) is 0 Å². The number of rotatable bonds is 4. The van der Waals surface area contributed by atoms with Gasteiger partial charge in [0.25, 0.3) is 17.4 Å². The average Bonchev–Trinajstić information content (AvgIpc) is 3.07. The second-order valence-corrected chi connectivity index (χ2v) is 7.56. The lowest BCUT2D eigenvalue weighted by atomic mass is 10.1. The summed E-state index contributed by atoms with van der Waals surface area (Å²) in [6.07, 6.45) is 0. The minimum Gasteiger partial charge on any atom is -0.456 e. The van der Waals surface area contributed by atoms with Crippen LogP contribution in [0.25, 0.3) is 5.65 Å². The van der Waals surface area contributed by atoms with E-state index in [-0.39, 0.29) is 17.7 Å². The third kappa shape index (κ3) is 3.47. The summed E-state index contributed by atoms with van der Waals surface area (Å²) in [5.41, 5.74) is 2.60. The average molecular weight is 439 g/mol. The highest BCUT2D eigenvalue weighted by Crippen LogP contribution is 2.28. The van der Waals surface area contributed by atoms with Gasteiger partial charge < -0.3 is 4.74 Å². The number of nitrogens with zero attached hydrogens (tertiary/aromatic N) is 3. The fourth-order valence-electron chi connectivity index (χ4n) is 3.83. The summed E-state index contributed by atoms with van der Waals surface area (Å²) in [6.45, 7) is 1.64. The van der Waals surface area contributed by atoms with Crippen LogP contribution in [-0.4, -0.2) is 27.2 Å². The fraction of sp³-hybridized carbons (Fsp3) is 0.0800. The summed E-state index contributed by atoms with van der Waals surface area (Å²) in [7, 11) is 0. The molecule has 1 aliphatic rings. The van der Waals surface area contributed by atoms with Gasteiger partial charge in [0.2, 0.25) is 0 Å². The smallest absolute Gasteiger partial charge is 0.338 e. The van der Waals surface area contributed by atoms with Gasteiger partial charge in [-0.2, -0.15) is 0 Å². The Balaban J connectivity index is 1.31. The van der Waals surface area contributed by atoms with Crippen LogP contribution in [0.4, 0.5) is 5.69 Å². The number of carbonyl (C=O) groups is 3. The maximum atomic E-state index is 12.6. The van der Waals surface area contributed by atoms with E-state index in [1.54, 1.807) is 49.4 Å². The number of anilines is 1. The zero-order chi connectivity index (χ0) is 23.1. The highest BCUT2D eigenvalue weighted by molar-refractivity contribution is 6.34. The van der Waals surface area contributed by atoms with Crippen molar-refractivity contribution in [1.29, 1.82) is 0 Å². The molecule has 0 aliphatic carbocycles. The van der Waals surface area contributed by atoms with Gasteiger partial charge in [0.15, 0.2) is 0 Å². The van der Waals surface area contributed by atoms with Gasteiger partial charge in [0, 0.05) is 11.8 Å². The van der Waals surface area contributed by atoms with E-state index in [2.05, 4.69) is 4.98 Å². The van der Waals surface area contributed by atoms with Crippen molar-refractivity contribution in [2.24, 2.45) is 0 Å². The van der Waals surface area contributed by atoms with Gasteiger partial charge in [-0.1, -0.05) is 18.2 Å². The van der Waals surface area contributed by atoms with E-state index in [1.165, 1.54) is 34.7 Å². The van der Waals surface area contributed by atoms with Crippen LogP contribution in [0.15, 0.2) is 77.6 Å². The highest BCUT2D eigenvalue weighted by atomic mass is 16.5. The zero-order valence-corrected chi connectivity index (χ0v) is 17.5. The molecule has 0 atom stereocenters. The predicted molar refractivity (Wildman–Crippen MR) is 119 cm³/mol. The van der Waals surface area contributed by atoms with E-state index in [4.69, 9.17) is 4.74 Å². The number of hydrogen-bond donors (Lipinski definition) is 0. The molecule has 5 rings (SSSR count). The Morgan fingerprint density at radius 1 is 0.879 bits per heavy atom. The lowest BCUT2D eigenvalue weighted by molar-refractivity contribution is 0.0467. The van der Waals surface area contributed by atoms with Gasteiger partial charge >= 0.3 is 5.97 Å². The first-order chi connectivity index (χ1) is 15.9. The molecule has 33 heavy (non-hydrogen) atoms. The molecular formula is C25H17N3O5. The van der Waals surface area contributed by atoms with Crippen LogP contribution in [0.5, 0.6) is 0 Å². The van der Waals surface area contributed by atoms with Crippen molar-refractivity contribution < 1.29 is 19.1 Å². The number of hydrogen-bond acceptors (Lipinski definition) is 6. The number of carbonyl (C=O) groups excluding carboxylic acids is 3. The maximum absolute atomic E-state index is 12.6.